The third-order valence-electron chi connectivity index (χ3n) is 4.49. The van der Waals surface area contributed by atoms with Crippen molar-refractivity contribution in [3.8, 4) is 0 Å². The minimum absolute atomic E-state index is 0.189. The second kappa shape index (κ2) is 9.50. The molecule has 28 heavy (non-hydrogen) atoms. The Balaban J connectivity index is 1.68. The molecule has 1 unspecified atom stereocenters. The molecule has 1 aliphatic heterocycles. The smallest absolute Gasteiger partial charge is 0.340 e. The van der Waals surface area contributed by atoms with Gasteiger partial charge in [-0.05, 0) is 26.2 Å². The van der Waals surface area contributed by atoms with Gasteiger partial charge in [0.25, 0.3) is 0 Å². The van der Waals surface area contributed by atoms with Crippen LogP contribution in [0.15, 0.2) is 42.7 Å². The number of ether oxygens (including phenoxy) is 2. The number of esters is 1. The largest absolute Gasteiger partial charge is 0.465 e. The molecule has 2 aromatic rings. The summed E-state index contributed by atoms with van der Waals surface area (Å²) in [5.41, 5.74) is 6.68. The minimum atomic E-state index is -0.401. The van der Waals surface area contributed by atoms with Crippen LogP contribution in [0.25, 0.3) is 0 Å². The fraction of sp³-hybridized carbons (Fsp3) is 0.400. The van der Waals surface area contributed by atoms with Crippen molar-refractivity contribution < 1.29 is 14.3 Å². The Morgan fingerprint density at radius 2 is 2.11 bits per heavy atom. The average molecular weight is 385 g/mol. The number of para-hydroxylation sites is 1. The van der Waals surface area contributed by atoms with E-state index in [1.54, 1.807) is 18.5 Å². The maximum absolute atomic E-state index is 12.0. The first-order valence-electron chi connectivity index (χ1n) is 9.24. The Hall–Kier alpha value is -2.68. The number of anilines is 2. The number of likely N-dealkylation sites (N-methyl/N-ethyl adjacent to an activating group) is 1. The van der Waals surface area contributed by atoms with E-state index in [2.05, 4.69) is 37.8 Å². The molecule has 0 radical (unpaired) electrons. The van der Waals surface area contributed by atoms with Crippen LogP contribution >= 0.6 is 0 Å². The van der Waals surface area contributed by atoms with E-state index >= 15 is 0 Å². The first-order valence-corrected chi connectivity index (χ1v) is 9.24. The van der Waals surface area contributed by atoms with Gasteiger partial charge >= 0.3 is 5.97 Å². The molecule has 150 valence electrons. The van der Waals surface area contributed by atoms with Crippen molar-refractivity contribution in [2.45, 2.75) is 6.17 Å². The highest BCUT2D eigenvalue weighted by molar-refractivity contribution is 5.95. The second-order valence-electron chi connectivity index (χ2n) is 6.75. The van der Waals surface area contributed by atoms with E-state index in [0.717, 1.165) is 17.8 Å². The van der Waals surface area contributed by atoms with Gasteiger partial charge in [-0.2, -0.15) is 0 Å². The number of methoxy groups -OCH3 is 1. The lowest BCUT2D eigenvalue weighted by atomic mass is 10.1. The van der Waals surface area contributed by atoms with Crippen LogP contribution in [-0.4, -0.2) is 63.4 Å². The highest BCUT2D eigenvalue weighted by Crippen LogP contribution is 2.33. The normalized spacial score (nSPS) is 15.6. The lowest BCUT2D eigenvalue weighted by molar-refractivity contribution is 0.0601. The lowest BCUT2D eigenvalue weighted by Crippen LogP contribution is -2.39. The van der Waals surface area contributed by atoms with Crippen LogP contribution in [0.4, 0.5) is 11.4 Å². The van der Waals surface area contributed by atoms with Crippen molar-refractivity contribution in [1.29, 1.82) is 0 Å². The standard InChI is InChI=1S/C20H27N5O3/c1-24(2)10-12-28-13-11-25-18-7-5-4-6-16(18)19(23-25)22-17-14-21-9-8-15(17)20(26)27-3/h4-9,14,19,22-23H,10-13H2,1-3H3. The predicted molar refractivity (Wildman–Crippen MR) is 108 cm³/mol. The van der Waals surface area contributed by atoms with Crippen molar-refractivity contribution in [2.75, 3.05) is 57.8 Å². The molecule has 0 aliphatic carbocycles. The number of hydrogen-bond acceptors (Lipinski definition) is 8. The zero-order valence-corrected chi connectivity index (χ0v) is 16.5. The Morgan fingerprint density at radius 1 is 1.29 bits per heavy atom. The van der Waals surface area contributed by atoms with E-state index in [4.69, 9.17) is 9.47 Å². The summed E-state index contributed by atoms with van der Waals surface area (Å²) in [7, 11) is 5.42. The van der Waals surface area contributed by atoms with Crippen LogP contribution in [0.1, 0.15) is 22.1 Å². The summed E-state index contributed by atoms with van der Waals surface area (Å²) in [5, 5.41) is 5.43. The fourth-order valence-corrected chi connectivity index (χ4v) is 3.03. The predicted octanol–water partition coefficient (Wildman–Crippen LogP) is 1.88. The Bertz CT molecular complexity index is 799. The van der Waals surface area contributed by atoms with Crippen molar-refractivity contribution in [1.82, 2.24) is 15.3 Å². The summed E-state index contributed by atoms with van der Waals surface area (Å²) in [5.74, 6) is -0.401. The number of aromatic nitrogens is 1. The SMILES string of the molecule is COC(=O)c1ccncc1NC1NN(CCOCCN(C)C)c2ccccc21. The molecule has 1 atom stereocenters. The number of fused-ring (bicyclic) bond motifs is 1. The monoisotopic (exact) mass is 385 g/mol. The van der Waals surface area contributed by atoms with Crippen molar-refractivity contribution in [3.63, 3.8) is 0 Å². The van der Waals surface area contributed by atoms with E-state index < -0.39 is 5.97 Å². The molecule has 1 aliphatic rings. The molecule has 3 rings (SSSR count). The van der Waals surface area contributed by atoms with Crippen LogP contribution < -0.4 is 15.8 Å². The van der Waals surface area contributed by atoms with Crippen LogP contribution in [0, 0.1) is 0 Å². The van der Waals surface area contributed by atoms with Gasteiger partial charge in [-0.3, -0.25) is 4.98 Å². The molecule has 8 heteroatoms. The zero-order valence-electron chi connectivity index (χ0n) is 16.5. The molecule has 1 aromatic heterocycles. The van der Waals surface area contributed by atoms with Gasteiger partial charge in [0, 0.05) is 18.3 Å². The summed E-state index contributed by atoms with van der Waals surface area (Å²) >= 11 is 0. The van der Waals surface area contributed by atoms with E-state index in [1.165, 1.54) is 7.11 Å². The summed E-state index contributed by atoms with van der Waals surface area (Å²) in [4.78, 5) is 18.2. The molecule has 0 amide bonds. The quantitative estimate of drug-likeness (QED) is 0.500. The number of carbonyl (C=O) groups excluding carboxylic acids is 1. The van der Waals surface area contributed by atoms with E-state index in [-0.39, 0.29) is 6.17 Å². The molecule has 0 saturated heterocycles. The fourth-order valence-electron chi connectivity index (χ4n) is 3.03. The Morgan fingerprint density at radius 3 is 2.89 bits per heavy atom. The minimum Gasteiger partial charge on any atom is -0.465 e. The van der Waals surface area contributed by atoms with Gasteiger partial charge < -0.3 is 24.7 Å². The Labute approximate surface area is 165 Å². The van der Waals surface area contributed by atoms with E-state index in [0.29, 0.717) is 31.0 Å². The summed E-state index contributed by atoms with van der Waals surface area (Å²) in [6, 6.07) is 9.77. The number of nitrogens with zero attached hydrogens (tertiary/aromatic N) is 3. The first-order chi connectivity index (χ1) is 13.6. The third-order valence-corrected chi connectivity index (χ3v) is 4.49. The highest BCUT2D eigenvalue weighted by Gasteiger charge is 2.28. The number of rotatable bonds is 9. The molecule has 2 N–H and O–H groups in total. The summed E-state index contributed by atoms with van der Waals surface area (Å²) < 4.78 is 10.6. The molecule has 0 fully saturated rings. The van der Waals surface area contributed by atoms with E-state index in [1.807, 2.05) is 26.2 Å². The van der Waals surface area contributed by atoms with Gasteiger partial charge in [-0.15, -0.1) is 0 Å². The molecule has 2 heterocycles. The van der Waals surface area contributed by atoms with Gasteiger partial charge in [0.05, 0.1) is 50.0 Å². The van der Waals surface area contributed by atoms with Crippen LogP contribution in [0.3, 0.4) is 0 Å². The molecule has 0 bridgehead atoms. The summed E-state index contributed by atoms with van der Waals surface area (Å²) in [6.07, 6.45) is 3.01. The molecule has 1 aromatic carbocycles. The van der Waals surface area contributed by atoms with Gasteiger partial charge in [0.1, 0.15) is 6.17 Å². The molecule has 0 spiro atoms. The van der Waals surface area contributed by atoms with Gasteiger partial charge in [-0.1, -0.05) is 18.2 Å². The van der Waals surface area contributed by atoms with Crippen molar-refractivity contribution in [3.05, 3.63) is 53.9 Å². The maximum atomic E-state index is 12.0. The number of nitrogens with one attached hydrogen (secondary N) is 2. The lowest BCUT2D eigenvalue weighted by Gasteiger charge is -2.22. The molecular weight excluding hydrogens is 358 g/mol. The van der Waals surface area contributed by atoms with Crippen molar-refractivity contribution in [2.24, 2.45) is 0 Å². The third kappa shape index (κ3) is 4.78. The van der Waals surface area contributed by atoms with E-state index in [9.17, 15) is 4.79 Å². The number of hydrogen-bond donors (Lipinski definition) is 2. The second-order valence-corrected chi connectivity index (χ2v) is 6.75. The number of carbonyl (C=O) groups is 1. The van der Waals surface area contributed by atoms with Gasteiger partial charge in [-0.25, -0.2) is 10.2 Å². The number of pyridine rings is 1. The highest BCUT2D eigenvalue weighted by atomic mass is 16.5. The summed E-state index contributed by atoms with van der Waals surface area (Å²) in [6.45, 7) is 2.91. The zero-order chi connectivity index (χ0) is 19.9. The molecular formula is C20H27N5O3. The van der Waals surface area contributed by atoms with Crippen LogP contribution in [0.2, 0.25) is 0 Å². The van der Waals surface area contributed by atoms with Gasteiger partial charge in [0.2, 0.25) is 0 Å². The Kier molecular flexibility index (Phi) is 6.80. The molecule has 0 saturated carbocycles. The average Bonchev–Trinajstić information content (AvgIpc) is 3.05. The first kappa shape index (κ1) is 20.1. The van der Waals surface area contributed by atoms with Crippen molar-refractivity contribution >= 4 is 17.3 Å². The van der Waals surface area contributed by atoms with Crippen LogP contribution in [-0.2, 0) is 9.47 Å². The topological polar surface area (TPSA) is 79.0 Å². The van der Waals surface area contributed by atoms with Gasteiger partial charge in [0.15, 0.2) is 0 Å². The number of hydrazine groups is 1. The molecule has 8 nitrogen and oxygen atoms in total. The van der Waals surface area contributed by atoms with Crippen LogP contribution in [0.5, 0.6) is 0 Å². The number of benzene rings is 1. The maximum Gasteiger partial charge on any atom is 0.340 e.